The Labute approximate surface area is 132 Å². The first-order valence-corrected chi connectivity index (χ1v) is 7.31. The molecule has 3 N–H and O–H groups in total. The summed E-state index contributed by atoms with van der Waals surface area (Å²) >= 11 is 3.44. The quantitative estimate of drug-likeness (QED) is 0.641. The SMILES string of the molecule is CN(Cc1cccc(Br)c1)Cc1ccc(C(=N)N)cc1F. The van der Waals surface area contributed by atoms with E-state index in [2.05, 4.69) is 15.9 Å². The molecule has 0 radical (unpaired) electrons. The van der Waals surface area contributed by atoms with Crippen LogP contribution < -0.4 is 5.73 Å². The highest BCUT2D eigenvalue weighted by molar-refractivity contribution is 9.10. The molecular formula is C16H17BrFN3. The maximum atomic E-state index is 14.0. The molecule has 0 aliphatic heterocycles. The second kappa shape index (κ2) is 6.83. The van der Waals surface area contributed by atoms with E-state index in [-0.39, 0.29) is 11.7 Å². The molecule has 5 heteroatoms. The number of rotatable bonds is 5. The van der Waals surface area contributed by atoms with Gasteiger partial charge in [0, 0.05) is 28.7 Å². The number of nitrogens with two attached hydrogens (primary N) is 1. The molecule has 0 unspecified atom stereocenters. The molecule has 0 saturated carbocycles. The van der Waals surface area contributed by atoms with E-state index in [0.717, 1.165) is 16.6 Å². The number of hydrogen-bond donors (Lipinski definition) is 2. The van der Waals surface area contributed by atoms with Crippen LogP contribution in [0.15, 0.2) is 46.9 Å². The summed E-state index contributed by atoms with van der Waals surface area (Å²) < 4.78 is 15.0. The van der Waals surface area contributed by atoms with Gasteiger partial charge in [-0.3, -0.25) is 10.3 Å². The number of benzene rings is 2. The molecule has 0 spiro atoms. The molecule has 0 bridgehead atoms. The van der Waals surface area contributed by atoms with Gasteiger partial charge in [-0.2, -0.15) is 0 Å². The lowest BCUT2D eigenvalue weighted by atomic mass is 10.1. The van der Waals surface area contributed by atoms with Crippen molar-refractivity contribution >= 4 is 21.8 Å². The Morgan fingerprint density at radius 3 is 2.62 bits per heavy atom. The van der Waals surface area contributed by atoms with E-state index in [1.807, 2.05) is 36.2 Å². The Morgan fingerprint density at radius 2 is 2.00 bits per heavy atom. The Hall–Kier alpha value is -1.72. The summed E-state index contributed by atoms with van der Waals surface area (Å²) in [6.45, 7) is 1.23. The summed E-state index contributed by atoms with van der Waals surface area (Å²) in [6.07, 6.45) is 0. The van der Waals surface area contributed by atoms with Crippen LogP contribution in [0.1, 0.15) is 16.7 Å². The van der Waals surface area contributed by atoms with Crippen molar-refractivity contribution in [3.8, 4) is 0 Å². The molecular weight excluding hydrogens is 333 g/mol. The topological polar surface area (TPSA) is 53.1 Å². The molecule has 0 saturated heterocycles. The maximum Gasteiger partial charge on any atom is 0.128 e. The third-order valence-electron chi connectivity index (χ3n) is 3.15. The van der Waals surface area contributed by atoms with Crippen molar-refractivity contribution in [2.45, 2.75) is 13.1 Å². The predicted molar refractivity (Wildman–Crippen MR) is 86.7 cm³/mol. The van der Waals surface area contributed by atoms with E-state index in [4.69, 9.17) is 11.1 Å². The highest BCUT2D eigenvalue weighted by Crippen LogP contribution is 2.16. The van der Waals surface area contributed by atoms with E-state index in [0.29, 0.717) is 17.7 Å². The number of halogens is 2. The van der Waals surface area contributed by atoms with E-state index < -0.39 is 0 Å². The lowest BCUT2D eigenvalue weighted by molar-refractivity contribution is 0.313. The molecule has 0 heterocycles. The summed E-state index contributed by atoms with van der Waals surface area (Å²) in [5.74, 6) is -0.452. The average molecular weight is 350 g/mol. The van der Waals surface area contributed by atoms with Gasteiger partial charge in [0.15, 0.2) is 0 Å². The third kappa shape index (κ3) is 4.37. The van der Waals surface area contributed by atoms with Gasteiger partial charge in [0.2, 0.25) is 0 Å². The van der Waals surface area contributed by atoms with Crippen LogP contribution in [0.25, 0.3) is 0 Å². The number of hydrogen-bond acceptors (Lipinski definition) is 2. The van der Waals surface area contributed by atoms with Crippen LogP contribution in [-0.4, -0.2) is 17.8 Å². The van der Waals surface area contributed by atoms with Crippen molar-refractivity contribution in [1.29, 1.82) is 5.41 Å². The van der Waals surface area contributed by atoms with Gasteiger partial charge in [-0.05, 0) is 30.8 Å². The first-order chi connectivity index (χ1) is 9.95. The van der Waals surface area contributed by atoms with Crippen LogP contribution in [0.2, 0.25) is 0 Å². The molecule has 0 aliphatic carbocycles. The molecule has 0 fully saturated rings. The van der Waals surface area contributed by atoms with Gasteiger partial charge in [-0.25, -0.2) is 4.39 Å². The summed E-state index contributed by atoms with van der Waals surface area (Å²) in [5, 5.41) is 7.31. The molecule has 0 aliphatic rings. The Morgan fingerprint density at radius 1 is 1.24 bits per heavy atom. The van der Waals surface area contributed by atoms with Gasteiger partial charge in [0.05, 0.1) is 0 Å². The van der Waals surface area contributed by atoms with Crippen molar-refractivity contribution in [3.05, 3.63) is 69.4 Å². The van der Waals surface area contributed by atoms with Crippen molar-refractivity contribution in [2.24, 2.45) is 5.73 Å². The van der Waals surface area contributed by atoms with Crippen LogP contribution in [0, 0.1) is 11.2 Å². The smallest absolute Gasteiger partial charge is 0.128 e. The zero-order valence-electron chi connectivity index (χ0n) is 11.7. The standard InChI is InChI=1S/C16H17BrFN3/c1-21(9-11-3-2-4-14(17)7-11)10-13-6-5-12(16(19)20)8-15(13)18/h2-8H,9-10H2,1H3,(H3,19,20). The van der Waals surface area contributed by atoms with Gasteiger partial charge < -0.3 is 5.73 Å². The lowest BCUT2D eigenvalue weighted by Crippen LogP contribution is -2.18. The van der Waals surface area contributed by atoms with E-state index in [1.54, 1.807) is 12.1 Å². The highest BCUT2D eigenvalue weighted by atomic mass is 79.9. The fourth-order valence-corrected chi connectivity index (χ4v) is 2.58. The molecule has 2 aromatic carbocycles. The molecule has 3 nitrogen and oxygen atoms in total. The summed E-state index contributed by atoms with van der Waals surface area (Å²) in [7, 11) is 1.94. The molecule has 0 amide bonds. The van der Waals surface area contributed by atoms with Crippen LogP contribution >= 0.6 is 15.9 Å². The molecule has 110 valence electrons. The van der Waals surface area contributed by atoms with Gasteiger partial charge in [0.25, 0.3) is 0 Å². The molecule has 0 atom stereocenters. The normalized spacial score (nSPS) is 10.9. The van der Waals surface area contributed by atoms with Crippen molar-refractivity contribution in [1.82, 2.24) is 4.90 Å². The maximum absolute atomic E-state index is 14.0. The summed E-state index contributed by atoms with van der Waals surface area (Å²) in [6, 6.07) is 12.7. The van der Waals surface area contributed by atoms with Gasteiger partial charge in [0.1, 0.15) is 11.7 Å². The van der Waals surface area contributed by atoms with E-state index in [9.17, 15) is 4.39 Å². The fraction of sp³-hybridized carbons (Fsp3) is 0.188. The first kappa shape index (κ1) is 15.7. The number of nitrogen functional groups attached to an aromatic ring is 1. The predicted octanol–water partition coefficient (Wildman–Crippen LogP) is 3.50. The number of nitrogens with one attached hydrogen (secondary N) is 1. The Kier molecular flexibility index (Phi) is 5.09. The van der Waals surface area contributed by atoms with Crippen molar-refractivity contribution in [2.75, 3.05) is 7.05 Å². The second-order valence-electron chi connectivity index (χ2n) is 5.02. The van der Waals surface area contributed by atoms with E-state index in [1.165, 1.54) is 6.07 Å². The Balaban J connectivity index is 2.06. The molecule has 2 rings (SSSR count). The van der Waals surface area contributed by atoms with Crippen LogP contribution in [0.5, 0.6) is 0 Å². The fourth-order valence-electron chi connectivity index (χ4n) is 2.14. The van der Waals surface area contributed by atoms with Gasteiger partial charge in [-0.1, -0.05) is 40.2 Å². The van der Waals surface area contributed by atoms with Crippen LogP contribution in [0.3, 0.4) is 0 Å². The zero-order valence-corrected chi connectivity index (χ0v) is 13.3. The minimum atomic E-state index is -0.330. The largest absolute Gasteiger partial charge is 0.384 e. The highest BCUT2D eigenvalue weighted by Gasteiger charge is 2.08. The minimum absolute atomic E-state index is 0.122. The molecule has 2 aromatic rings. The monoisotopic (exact) mass is 349 g/mol. The van der Waals surface area contributed by atoms with Gasteiger partial charge >= 0.3 is 0 Å². The lowest BCUT2D eigenvalue weighted by Gasteiger charge is -2.17. The average Bonchev–Trinajstić information content (AvgIpc) is 2.40. The Bertz CT molecular complexity index is 658. The van der Waals surface area contributed by atoms with Crippen molar-refractivity contribution in [3.63, 3.8) is 0 Å². The summed E-state index contributed by atoms with van der Waals surface area (Å²) in [4.78, 5) is 2.04. The number of nitrogens with zero attached hydrogens (tertiary/aromatic N) is 1. The second-order valence-corrected chi connectivity index (χ2v) is 5.94. The van der Waals surface area contributed by atoms with Crippen LogP contribution in [-0.2, 0) is 13.1 Å². The molecule has 0 aromatic heterocycles. The van der Waals surface area contributed by atoms with Crippen LogP contribution in [0.4, 0.5) is 4.39 Å². The number of amidine groups is 1. The minimum Gasteiger partial charge on any atom is -0.384 e. The van der Waals surface area contributed by atoms with E-state index >= 15 is 0 Å². The summed E-state index contributed by atoms with van der Waals surface area (Å²) in [5.41, 5.74) is 7.52. The van der Waals surface area contributed by atoms with Crippen molar-refractivity contribution < 1.29 is 4.39 Å². The zero-order chi connectivity index (χ0) is 15.4. The first-order valence-electron chi connectivity index (χ1n) is 6.51. The van der Waals surface area contributed by atoms with Gasteiger partial charge in [-0.15, -0.1) is 0 Å². The third-order valence-corrected chi connectivity index (χ3v) is 3.64. The molecule has 21 heavy (non-hydrogen) atoms.